The third kappa shape index (κ3) is 1.40. The van der Waals surface area contributed by atoms with Crippen molar-refractivity contribution in [2.75, 3.05) is 0 Å². The van der Waals surface area contributed by atoms with Gasteiger partial charge in [-0.3, -0.25) is 4.79 Å². The molecule has 2 rings (SSSR count). The van der Waals surface area contributed by atoms with E-state index in [0.717, 1.165) is 15.0 Å². The van der Waals surface area contributed by atoms with E-state index in [-0.39, 0.29) is 5.78 Å². The predicted molar refractivity (Wildman–Crippen MR) is 56.5 cm³/mol. The van der Waals surface area contributed by atoms with Crippen molar-refractivity contribution in [2.45, 2.75) is 6.92 Å². The van der Waals surface area contributed by atoms with Gasteiger partial charge in [-0.2, -0.15) is 5.26 Å². The lowest BCUT2D eigenvalue weighted by Crippen LogP contribution is -1.83. The van der Waals surface area contributed by atoms with Gasteiger partial charge in [0.15, 0.2) is 5.78 Å². The Morgan fingerprint density at radius 3 is 2.86 bits per heavy atom. The van der Waals surface area contributed by atoms with Gasteiger partial charge < -0.3 is 0 Å². The standard InChI is InChI=1S/C11H7NOS/c1-7(13)11-5-9-4-8(6-12)2-3-10(9)14-11/h2-5H,1H3. The minimum atomic E-state index is 0.0738. The molecule has 0 radical (unpaired) electrons. The zero-order chi connectivity index (χ0) is 10.1. The summed E-state index contributed by atoms with van der Waals surface area (Å²) in [6.07, 6.45) is 0. The molecule has 0 amide bonds. The molecule has 3 heteroatoms. The molecule has 2 aromatic rings. The van der Waals surface area contributed by atoms with Gasteiger partial charge in [0.05, 0.1) is 16.5 Å². The monoisotopic (exact) mass is 201 g/mol. The van der Waals surface area contributed by atoms with Crippen LogP contribution in [0, 0.1) is 11.3 Å². The van der Waals surface area contributed by atoms with Crippen molar-refractivity contribution in [1.29, 1.82) is 5.26 Å². The molecule has 2 nitrogen and oxygen atoms in total. The largest absolute Gasteiger partial charge is 0.294 e. The summed E-state index contributed by atoms with van der Waals surface area (Å²) in [5.74, 6) is 0.0738. The SMILES string of the molecule is CC(=O)c1cc2cc(C#N)ccc2s1. The fraction of sp³-hybridized carbons (Fsp3) is 0.0909. The number of carbonyl (C=O) groups is 1. The van der Waals surface area contributed by atoms with E-state index in [4.69, 9.17) is 5.26 Å². The molecule has 0 aliphatic heterocycles. The number of Topliss-reactive ketones (excluding diaryl/α,β-unsaturated/α-hetero) is 1. The first-order valence-electron chi connectivity index (χ1n) is 4.15. The average molecular weight is 201 g/mol. The molecular weight excluding hydrogens is 194 g/mol. The Bertz CT molecular complexity index is 548. The van der Waals surface area contributed by atoms with Gasteiger partial charge in [-0.05, 0) is 36.6 Å². The van der Waals surface area contributed by atoms with Crippen molar-refractivity contribution in [1.82, 2.24) is 0 Å². The third-order valence-corrected chi connectivity index (χ3v) is 3.21. The van der Waals surface area contributed by atoms with E-state index in [0.29, 0.717) is 5.56 Å². The van der Waals surface area contributed by atoms with E-state index in [1.54, 1.807) is 19.1 Å². The van der Waals surface area contributed by atoms with E-state index < -0.39 is 0 Å². The number of rotatable bonds is 1. The van der Waals surface area contributed by atoms with Crippen molar-refractivity contribution in [2.24, 2.45) is 0 Å². The molecule has 0 spiro atoms. The van der Waals surface area contributed by atoms with Crippen molar-refractivity contribution >= 4 is 27.2 Å². The number of ketones is 1. The molecule has 0 fully saturated rings. The van der Waals surface area contributed by atoms with E-state index in [2.05, 4.69) is 6.07 Å². The van der Waals surface area contributed by atoms with Gasteiger partial charge in [0.25, 0.3) is 0 Å². The highest BCUT2D eigenvalue weighted by molar-refractivity contribution is 7.20. The normalized spacial score (nSPS) is 10.0. The third-order valence-electron chi connectivity index (χ3n) is 1.99. The van der Waals surface area contributed by atoms with Crippen LogP contribution in [0.2, 0.25) is 0 Å². The van der Waals surface area contributed by atoms with E-state index in [1.165, 1.54) is 11.3 Å². The lowest BCUT2D eigenvalue weighted by molar-refractivity contribution is 0.102. The summed E-state index contributed by atoms with van der Waals surface area (Å²) in [6.45, 7) is 1.55. The summed E-state index contributed by atoms with van der Waals surface area (Å²) < 4.78 is 1.05. The number of carbonyl (C=O) groups excluding carboxylic acids is 1. The first kappa shape index (κ1) is 8.92. The number of fused-ring (bicyclic) bond motifs is 1. The highest BCUT2D eigenvalue weighted by Gasteiger charge is 2.05. The first-order valence-corrected chi connectivity index (χ1v) is 4.97. The Morgan fingerprint density at radius 2 is 2.21 bits per heavy atom. The molecule has 0 bridgehead atoms. The average Bonchev–Trinajstić information content (AvgIpc) is 2.59. The van der Waals surface area contributed by atoms with Crippen LogP contribution in [0.5, 0.6) is 0 Å². The predicted octanol–water partition coefficient (Wildman–Crippen LogP) is 2.98. The van der Waals surface area contributed by atoms with Crippen molar-refractivity contribution < 1.29 is 4.79 Å². The molecule has 1 heterocycles. The molecule has 0 saturated heterocycles. The molecule has 0 aliphatic carbocycles. The number of nitrogens with zero attached hydrogens (tertiary/aromatic N) is 1. The van der Waals surface area contributed by atoms with Crippen LogP contribution in [0.3, 0.4) is 0 Å². The van der Waals surface area contributed by atoms with Gasteiger partial charge >= 0.3 is 0 Å². The van der Waals surface area contributed by atoms with Gasteiger partial charge in [-0.15, -0.1) is 11.3 Å². The highest BCUT2D eigenvalue weighted by atomic mass is 32.1. The minimum absolute atomic E-state index is 0.0738. The Morgan fingerprint density at radius 1 is 1.43 bits per heavy atom. The zero-order valence-electron chi connectivity index (χ0n) is 7.57. The van der Waals surface area contributed by atoms with Gasteiger partial charge in [-0.1, -0.05) is 0 Å². The topological polar surface area (TPSA) is 40.9 Å². The van der Waals surface area contributed by atoms with Crippen LogP contribution in [0.4, 0.5) is 0 Å². The number of thiophene rings is 1. The molecule has 0 atom stereocenters. The van der Waals surface area contributed by atoms with E-state index in [9.17, 15) is 4.79 Å². The number of nitriles is 1. The fourth-order valence-electron chi connectivity index (χ4n) is 1.29. The lowest BCUT2D eigenvalue weighted by atomic mass is 10.2. The second-order valence-electron chi connectivity index (χ2n) is 3.03. The van der Waals surface area contributed by atoms with Crippen LogP contribution in [0.1, 0.15) is 22.2 Å². The van der Waals surface area contributed by atoms with E-state index >= 15 is 0 Å². The van der Waals surface area contributed by atoms with Gasteiger partial charge in [0.2, 0.25) is 0 Å². The lowest BCUT2D eigenvalue weighted by Gasteiger charge is -1.87. The maximum Gasteiger partial charge on any atom is 0.169 e. The molecule has 14 heavy (non-hydrogen) atoms. The van der Waals surface area contributed by atoms with Gasteiger partial charge in [0, 0.05) is 4.70 Å². The molecule has 1 aromatic heterocycles. The molecule has 0 N–H and O–H groups in total. The van der Waals surface area contributed by atoms with Crippen molar-refractivity contribution in [3.8, 4) is 6.07 Å². The maximum absolute atomic E-state index is 11.1. The summed E-state index contributed by atoms with van der Waals surface area (Å²) >= 11 is 1.47. The van der Waals surface area contributed by atoms with Crippen molar-refractivity contribution in [3.05, 3.63) is 34.7 Å². The summed E-state index contributed by atoms with van der Waals surface area (Å²) in [7, 11) is 0. The second-order valence-corrected chi connectivity index (χ2v) is 4.12. The summed E-state index contributed by atoms with van der Waals surface area (Å²) in [4.78, 5) is 11.9. The Hall–Kier alpha value is -1.66. The number of hydrogen-bond acceptors (Lipinski definition) is 3. The van der Waals surface area contributed by atoms with E-state index in [1.807, 2.05) is 12.1 Å². The highest BCUT2D eigenvalue weighted by Crippen LogP contribution is 2.26. The quantitative estimate of drug-likeness (QED) is 0.665. The van der Waals surface area contributed by atoms with Crippen LogP contribution in [0.25, 0.3) is 10.1 Å². The molecular formula is C11H7NOS. The maximum atomic E-state index is 11.1. The summed E-state index contributed by atoms with van der Waals surface area (Å²) in [6, 6.07) is 9.36. The van der Waals surface area contributed by atoms with Gasteiger partial charge in [0.1, 0.15) is 0 Å². The number of benzene rings is 1. The molecule has 68 valence electrons. The zero-order valence-corrected chi connectivity index (χ0v) is 8.39. The molecule has 0 unspecified atom stereocenters. The van der Waals surface area contributed by atoms with Gasteiger partial charge in [-0.25, -0.2) is 0 Å². The molecule has 0 aliphatic rings. The first-order chi connectivity index (χ1) is 6.70. The van der Waals surface area contributed by atoms with Crippen molar-refractivity contribution in [3.63, 3.8) is 0 Å². The fourth-order valence-corrected chi connectivity index (χ4v) is 2.22. The van der Waals surface area contributed by atoms with Crippen LogP contribution >= 0.6 is 11.3 Å². The smallest absolute Gasteiger partial charge is 0.169 e. The second kappa shape index (κ2) is 3.24. The number of hydrogen-bond donors (Lipinski definition) is 0. The summed E-state index contributed by atoms with van der Waals surface area (Å²) in [5, 5.41) is 9.67. The summed E-state index contributed by atoms with van der Waals surface area (Å²) in [5.41, 5.74) is 0.630. The minimum Gasteiger partial charge on any atom is -0.294 e. The van der Waals surface area contributed by atoms with Crippen LogP contribution in [-0.2, 0) is 0 Å². The molecule has 0 saturated carbocycles. The van der Waals surface area contributed by atoms with Crippen LogP contribution in [-0.4, -0.2) is 5.78 Å². The molecule has 1 aromatic carbocycles. The van der Waals surface area contributed by atoms with Crippen LogP contribution in [0.15, 0.2) is 24.3 Å². The Balaban J connectivity index is 2.67. The Labute approximate surface area is 85.4 Å². The Kier molecular flexibility index (Phi) is 2.06. The van der Waals surface area contributed by atoms with Crippen LogP contribution < -0.4 is 0 Å².